The number of halogens is 5. The van der Waals surface area contributed by atoms with Gasteiger partial charge in [-0.05, 0) is 84.0 Å². The summed E-state index contributed by atoms with van der Waals surface area (Å²) in [4.78, 5) is 0. The van der Waals surface area contributed by atoms with Crippen molar-refractivity contribution in [3.63, 3.8) is 0 Å². The van der Waals surface area contributed by atoms with Crippen LogP contribution in [0.15, 0.2) is 66.7 Å². The molecule has 0 heterocycles. The van der Waals surface area contributed by atoms with Crippen LogP contribution in [-0.2, 0) is 32.1 Å². The SMILES string of the molecule is CCc1cc(F)c(CCc2ccc3c(F)c(CCc4ccc(OC(F)F)cc4)ccc3c2)c(F)c1. The van der Waals surface area contributed by atoms with Crippen LogP contribution in [0.4, 0.5) is 22.0 Å². The molecule has 0 aromatic heterocycles. The maximum absolute atomic E-state index is 15.1. The van der Waals surface area contributed by atoms with Crippen LogP contribution in [-0.4, -0.2) is 6.61 Å². The minimum atomic E-state index is -2.87. The van der Waals surface area contributed by atoms with E-state index in [0.717, 1.165) is 16.5 Å². The molecule has 4 aromatic carbocycles. The van der Waals surface area contributed by atoms with Crippen LogP contribution in [0.25, 0.3) is 10.8 Å². The van der Waals surface area contributed by atoms with Crippen molar-refractivity contribution in [3.8, 4) is 5.75 Å². The molecule has 35 heavy (non-hydrogen) atoms. The zero-order chi connectivity index (χ0) is 24.9. The summed E-state index contributed by atoms with van der Waals surface area (Å²) in [6.07, 6.45) is 2.21. The third-order valence-electron chi connectivity index (χ3n) is 6.20. The summed E-state index contributed by atoms with van der Waals surface area (Å²) in [6, 6.07) is 18.0. The number of hydrogen-bond acceptors (Lipinski definition) is 1. The van der Waals surface area contributed by atoms with Gasteiger partial charge >= 0.3 is 6.61 Å². The lowest BCUT2D eigenvalue weighted by Crippen LogP contribution is -2.02. The van der Waals surface area contributed by atoms with Gasteiger partial charge in [0.25, 0.3) is 0 Å². The minimum Gasteiger partial charge on any atom is -0.435 e. The van der Waals surface area contributed by atoms with Gasteiger partial charge in [-0.2, -0.15) is 8.78 Å². The largest absolute Gasteiger partial charge is 0.435 e. The number of fused-ring (bicyclic) bond motifs is 1. The average molecular weight is 485 g/mol. The second-order valence-corrected chi connectivity index (χ2v) is 8.51. The van der Waals surface area contributed by atoms with Gasteiger partial charge in [0.15, 0.2) is 0 Å². The fourth-order valence-corrected chi connectivity index (χ4v) is 4.22. The van der Waals surface area contributed by atoms with Crippen LogP contribution >= 0.6 is 0 Å². The van der Waals surface area contributed by atoms with E-state index >= 15 is 4.39 Å². The van der Waals surface area contributed by atoms with E-state index in [-0.39, 0.29) is 23.6 Å². The molecule has 0 bridgehead atoms. The number of alkyl halides is 2. The predicted octanol–water partition coefficient (Wildman–Crippen LogP) is 7.99. The lowest BCUT2D eigenvalue weighted by Gasteiger charge is -2.10. The highest BCUT2D eigenvalue weighted by Gasteiger charge is 2.13. The summed E-state index contributed by atoms with van der Waals surface area (Å²) >= 11 is 0. The lowest BCUT2D eigenvalue weighted by atomic mass is 9.97. The second-order valence-electron chi connectivity index (χ2n) is 8.51. The third-order valence-corrected chi connectivity index (χ3v) is 6.20. The number of aryl methyl sites for hydroxylation is 4. The topological polar surface area (TPSA) is 9.23 Å². The first-order valence-corrected chi connectivity index (χ1v) is 11.5. The standard InChI is InChI=1S/C29H25F5O/c1-2-18-16-26(30)25(27(31)17-18)14-7-20-6-13-24-22(15-20)10-9-21(28(24)32)8-3-19-4-11-23(12-5-19)35-29(33)34/h4-6,9-13,15-17,29H,2-3,7-8,14H2,1H3. The Kier molecular flexibility index (Phi) is 7.69. The molecule has 6 heteroatoms. The van der Waals surface area contributed by atoms with Gasteiger partial charge < -0.3 is 4.74 Å². The Labute approximate surface area is 201 Å². The fourth-order valence-electron chi connectivity index (χ4n) is 4.22. The predicted molar refractivity (Wildman–Crippen MR) is 128 cm³/mol. The van der Waals surface area contributed by atoms with Gasteiger partial charge in [-0.1, -0.05) is 49.4 Å². The molecule has 0 radical (unpaired) electrons. The molecule has 0 unspecified atom stereocenters. The first kappa shape index (κ1) is 24.7. The van der Waals surface area contributed by atoms with Crippen molar-refractivity contribution in [3.05, 3.63) is 112 Å². The van der Waals surface area contributed by atoms with E-state index in [2.05, 4.69) is 4.74 Å². The van der Waals surface area contributed by atoms with Gasteiger partial charge in [-0.3, -0.25) is 0 Å². The molecular formula is C29H25F5O. The first-order chi connectivity index (χ1) is 16.8. The number of hydrogen-bond donors (Lipinski definition) is 0. The molecule has 0 aliphatic heterocycles. The summed E-state index contributed by atoms with van der Waals surface area (Å²) in [5.41, 5.74) is 3.00. The summed E-state index contributed by atoms with van der Waals surface area (Å²) in [5.74, 6) is -1.29. The highest BCUT2D eigenvalue weighted by molar-refractivity contribution is 5.84. The Balaban J connectivity index is 1.44. The van der Waals surface area contributed by atoms with E-state index in [1.54, 1.807) is 30.3 Å². The Hall–Kier alpha value is -3.41. The van der Waals surface area contributed by atoms with E-state index < -0.39 is 18.2 Å². The summed E-state index contributed by atoms with van der Waals surface area (Å²) in [5, 5.41) is 1.20. The highest BCUT2D eigenvalue weighted by Crippen LogP contribution is 2.25. The van der Waals surface area contributed by atoms with Crippen molar-refractivity contribution in [1.29, 1.82) is 0 Å². The summed E-state index contributed by atoms with van der Waals surface area (Å²) in [7, 11) is 0. The third kappa shape index (κ3) is 5.99. The van der Waals surface area contributed by atoms with Crippen molar-refractivity contribution in [2.24, 2.45) is 0 Å². The Morgan fingerprint density at radius 2 is 1.34 bits per heavy atom. The molecule has 0 spiro atoms. The Morgan fingerprint density at radius 3 is 2.00 bits per heavy atom. The smallest absolute Gasteiger partial charge is 0.387 e. The average Bonchev–Trinajstić information content (AvgIpc) is 2.83. The molecule has 0 aliphatic carbocycles. The van der Waals surface area contributed by atoms with Crippen LogP contribution in [0.3, 0.4) is 0 Å². The normalized spacial score (nSPS) is 11.4. The van der Waals surface area contributed by atoms with Crippen LogP contribution in [0.5, 0.6) is 5.75 Å². The zero-order valence-electron chi connectivity index (χ0n) is 19.3. The van der Waals surface area contributed by atoms with Gasteiger partial charge in [0.2, 0.25) is 0 Å². The second kappa shape index (κ2) is 10.9. The Bertz CT molecular complexity index is 1290. The van der Waals surface area contributed by atoms with Crippen molar-refractivity contribution in [2.45, 2.75) is 45.6 Å². The van der Waals surface area contributed by atoms with Crippen molar-refractivity contribution in [1.82, 2.24) is 0 Å². The monoisotopic (exact) mass is 484 g/mol. The Morgan fingerprint density at radius 1 is 0.686 bits per heavy atom. The molecule has 0 fully saturated rings. The molecule has 0 aliphatic rings. The van der Waals surface area contributed by atoms with Crippen LogP contribution in [0.2, 0.25) is 0 Å². The first-order valence-electron chi connectivity index (χ1n) is 11.5. The van der Waals surface area contributed by atoms with Gasteiger partial charge in [0.05, 0.1) is 0 Å². The zero-order valence-corrected chi connectivity index (χ0v) is 19.3. The maximum Gasteiger partial charge on any atom is 0.387 e. The molecular weight excluding hydrogens is 459 g/mol. The number of benzene rings is 4. The van der Waals surface area contributed by atoms with E-state index in [4.69, 9.17) is 0 Å². The summed E-state index contributed by atoms with van der Waals surface area (Å²) in [6.45, 7) is -1.03. The quantitative estimate of drug-likeness (QED) is 0.219. The molecule has 0 atom stereocenters. The van der Waals surface area contributed by atoms with Gasteiger partial charge in [-0.15, -0.1) is 0 Å². The van der Waals surface area contributed by atoms with E-state index in [9.17, 15) is 17.6 Å². The van der Waals surface area contributed by atoms with Crippen molar-refractivity contribution >= 4 is 10.8 Å². The molecule has 0 saturated carbocycles. The lowest BCUT2D eigenvalue weighted by molar-refractivity contribution is -0.0498. The van der Waals surface area contributed by atoms with Crippen molar-refractivity contribution < 1.29 is 26.7 Å². The van der Waals surface area contributed by atoms with Gasteiger partial charge in [0, 0.05) is 10.9 Å². The number of ether oxygens (including phenoxy) is 1. The molecule has 0 saturated heterocycles. The highest BCUT2D eigenvalue weighted by atomic mass is 19.3. The molecule has 1 nitrogen and oxygen atoms in total. The molecule has 0 amide bonds. The molecule has 182 valence electrons. The van der Waals surface area contributed by atoms with Crippen LogP contribution < -0.4 is 4.74 Å². The van der Waals surface area contributed by atoms with Crippen LogP contribution in [0.1, 0.15) is 34.7 Å². The molecule has 4 rings (SSSR count). The van der Waals surface area contributed by atoms with Gasteiger partial charge in [0.1, 0.15) is 23.2 Å². The van der Waals surface area contributed by atoms with E-state index in [1.165, 1.54) is 24.3 Å². The maximum atomic E-state index is 15.1. The van der Waals surface area contributed by atoms with Gasteiger partial charge in [-0.25, -0.2) is 13.2 Å². The van der Waals surface area contributed by atoms with E-state index in [0.29, 0.717) is 42.2 Å². The fraction of sp³-hybridized carbons (Fsp3) is 0.241. The summed E-state index contributed by atoms with van der Waals surface area (Å²) < 4.78 is 72.6. The van der Waals surface area contributed by atoms with Crippen LogP contribution in [0, 0.1) is 17.5 Å². The number of rotatable bonds is 9. The molecule has 4 aromatic rings. The minimum absolute atomic E-state index is 0.0672. The molecule has 0 N–H and O–H groups in total. The van der Waals surface area contributed by atoms with Crippen molar-refractivity contribution in [2.75, 3.05) is 0 Å². The van der Waals surface area contributed by atoms with E-state index in [1.807, 2.05) is 19.1 Å².